The number of nitrogens with one attached hydrogen (secondary N) is 3. The van der Waals surface area contributed by atoms with E-state index in [-0.39, 0.29) is 18.4 Å². The van der Waals surface area contributed by atoms with Crippen LogP contribution in [0.25, 0.3) is 11.5 Å². The molecule has 1 atom stereocenters. The second-order valence-corrected chi connectivity index (χ2v) is 8.86. The van der Waals surface area contributed by atoms with E-state index >= 15 is 0 Å². The van der Waals surface area contributed by atoms with Gasteiger partial charge in [0.25, 0.3) is 11.8 Å². The van der Waals surface area contributed by atoms with Gasteiger partial charge < -0.3 is 25.6 Å². The normalized spacial score (nSPS) is 14.8. The molecule has 0 radical (unpaired) electrons. The van der Waals surface area contributed by atoms with Gasteiger partial charge in [0.2, 0.25) is 5.95 Å². The number of aliphatic hydroxyl groups excluding tert-OH is 1. The molecule has 1 amide bonds. The highest BCUT2D eigenvalue weighted by atomic mass is 16.5. The van der Waals surface area contributed by atoms with E-state index in [1.807, 2.05) is 56.3 Å². The van der Waals surface area contributed by atoms with E-state index in [9.17, 15) is 9.90 Å². The highest BCUT2D eigenvalue weighted by molar-refractivity contribution is 6.00. The molecule has 0 fully saturated rings. The first kappa shape index (κ1) is 22.5. The second-order valence-electron chi connectivity index (χ2n) is 8.86. The van der Waals surface area contributed by atoms with Crippen LogP contribution in [0, 0.1) is 6.92 Å². The molecular weight excluding hydrogens is 446 g/mol. The number of carbonyl (C=O) groups is 1. The molecule has 5 rings (SSSR count). The number of amides is 1. The first-order valence-electron chi connectivity index (χ1n) is 11.2. The van der Waals surface area contributed by atoms with E-state index in [2.05, 4.69) is 36.1 Å². The Hall–Kier alpha value is -4.31. The molecular formula is C25H25N7O3. The predicted octanol–water partition coefficient (Wildman–Crippen LogP) is 3.70. The molecule has 0 saturated heterocycles. The smallest absolute Gasteiger partial charge is 0.263 e. The second kappa shape index (κ2) is 8.80. The zero-order valence-electron chi connectivity index (χ0n) is 19.5. The van der Waals surface area contributed by atoms with E-state index in [1.165, 1.54) is 0 Å². The minimum absolute atomic E-state index is 0.0885. The lowest BCUT2D eigenvalue weighted by Gasteiger charge is -2.20. The van der Waals surface area contributed by atoms with Crippen LogP contribution in [0.4, 0.5) is 17.5 Å². The predicted molar refractivity (Wildman–Crippen MR) is 130 cm³/mol. The fourth-order valence-electron chi connectivity index (χ4n) is 4.08. The molecule has 3 heterocycles. The summed E-state index contributed by atoms with van der Waals surface area (Å²) in [6, 6.07) is 14.7. The van der Waals surface area contributed by atoms with Crippen molar-refractivity contribution in [3.05, 3.63) is 77.2 Å². The Morgan fingerprint density at radius 3 is 2.63 bits per heavy atom. The van der Waals surface area contributed by atoms with Crippen LogP contribution in [-0.4, -0.2) is 37.7 Å². The minimum Gasteiger partial charge on any atom is -0.394 e. The van der Waals surface area contributed by atoms with Crippen molar-refractivity contribution in [1.29, 1.82) is 0 Å². The van der Waals surface area contributed by atoms with Crippen LogP contribution in [0.1, 0.15) is 47.2 Å². The lowest BCUT2D eigenvalue weighted by atomic mass is 9.94. The van der Waals surface area contributed by atoms with Crippen LogP contribution in [0.2, 0.25) is 0 Å². The zero-order chi connectivity index (χ0) is 24.6. The van der Waals surface area contributed by atoms with Crippen LogP contribution < -0.4 is 16.0 Å². The summed E-state index contributed by atoms with van der Waals surface area (Å²) in [4.78, 5) is 25.6. The average Bonchev–Trinajstić information content (AvgIpc) is 3.37. The maximum absolute atomic E-state index is 12.2. The zero-order valence-corrected chi connectivity index (χ0v) is 19.5. The van der Waals surface area contributed by atoms with E-state index < -0.39 is 11.6 Å². The summed E-state index contributed by atoms with van der Waals surface area (Å²) >= 11 is 0. The van der Waals surface area contributed by atoms with Crippen LogP contribution >= 0.6 is 0 Å². The summed E-state index contributed by atoms with van der Waals surface area (Å²) in [5.41, 5.74) is 3.22. The van der Waals surface area contributed by atoms with Crippen molar-refractivity contribution in [3.8, 4) is 11.5 Å². The van der Waals surface area contributed by atoms with Crippen molar-refractivity contribution in [2.75, 3.05) is 17.2 Å². The first-order chi connectivity index (χ1) is 16.8. The minimum atomic E-state index is -0.471. The number of aromatic nitrogens is 4. The number of hydrogen-bond donors (Lipinski definition) is 4. The molecule has 1 aliphatic heterocycles. The molecule has 1 unspecified atom stereocenters. The molecule has 178 valence electrons. The molecule has 4 N–H and O–H groups in total. The van der Waals surface area contributed by atoms with Gasteiger partial charge >= 0.3 is 0 Å². The summed E-state index contributed by atoms with van der Waals surface area (Å²) in [5.74, 6) is 1.41. The van der Waals surface area contributed by atoms with Gasteiger partial charge in [0.05, 0.1) is 18.2 Å². The number of nitrogens with zero attached hydrogens (tertiary/aromatic N) is 4. The maximum Gasteiger partial charge on any atom is 0.263 e. The van der Waals surface area contributed by atoms with Crippen molar-refractivity contribution in [1.82, 2.24) is 25.4 Å². The molecule has 35 heavy (non-hydrogen) atoms. The third kappa shape index (κ3) is 4.43. The maximum atomic E-state index is 12.2. The van der Waals surface area contributed by atoms with Gasteiger partial charge in [-0.3, -0.25) is 4.79 Å². The lowest BCUT2D eigenvalue weighted by Crippen LogP contribution is -2.32. The van der Waals surface area contributed by atoms with Crippen molar-refractivity contribution in [2.45, 2.75) is 32.4 Å². The van der Waals surface area contributed by atoms with Crippen molar-refractivity contribution in [3.63, 3.8) is 0 Å². The number of rotatable bonds is 7. The summed E-state index contributed by atoms with van der Waals surface area (Å²) in [7, 11) is 0. The first-order valence-corrected chi connectivity index (χ1v) is 11.2. The third-order valence-corrected chi connectivity index (χ3v) is 5.86. The standard InChI is InChI=1S/C25H25N7O3/c1-14-27-23(35-32-14)18-12-26-24(30-21(18)29-20(13-33)15-7-5-4-6-8-15)28-16-9-10-17-19(11-16)25(2,3)31-22(17)34/h4-12,20,33H,13H2,1-3H3,(H,31,34)(H2,26,28,29,30). The molecule has 4 aromatic rings. The lowest BCUT2D eigenvalue weighted by molar-refractivity contribution is 0.0940. The van der Waals surface area contributed by atoms with Crippen LogP contribution in [-0.2, 0) is 5.54 Å². The Kier molecular flexibility index (Phi) is 5.65. The topological polar surface area (TPSA) is 138 Å². The summed E-state index contributed by atoms with van der Waals surface area (Å²) in [6.45, 7) is 5.49. The van der Waals surface area contributed by atoms with Crippen LogP contribution in [0.5, 0.6) is 0 Å². The molecule has 0 bridgehead atoms. The largest absolute Gasteiger partial charge is 0.394 e. The third-order valence-electron chi connectivity index (χ3n) is 5.86. The van der Waals surface area contributed by atoms with E-state index in [0.29, 0.717) is 28.7 Å². The number of carbonyl (C=O) groups excluding carboxylic acids is 1. The molecule has 0 spiro atoms. The number of fused-ring (bicyclic) bond motifs is 1. The highest BCUT2D eigenvalue weighted by Gasteiger charge is 2.35. The summed E-state index contributed by atoms with van der Waals surface area (Å²) in [5, 5.41) is 23.4. The summed E-state index contributed by atoms with van der Waals surface area (Å²) in [6.07, 6.45) is 1.59. The van der Waals surface area contributed by atoms with E-state index in [1.54, 1.807) is 19.2 Å². The Morgan fingerprint density at radius 1 is 1.11 bits per heavy atom. The monoisotopic (exact) mass is 471 g/mol. The van der Waals surface area contributed by atoms with Gasteiger partial charge in [-0.15, -0.1) is 0 Å². The van der Waals surface area contributed by atoms with Crippen molar-refractivity contribution < 1.29 is 14.4 Å². The van der Waals surface area contributed by atoms with E-state index in [0.717, 1.165) is 16.8 Å². The van der Waals surface area contributed by atoms with Gasteiger partial charge in [-0.05, 0) is 50.1 Å². The van der Waals surface area contributed by atoms with Gasteiger partial charge in [0.1, 0.15) is 11.4 Å². The molecule has 0 aliphatic carbocycles. The number of anilines is 3. The van der Waals surface area contributed by atoms with Crippen molar-refractivity contribution >= 4 is 23.4 Å². The van der Waals surface area contributed by atoms with Gasteiger partial charge in [-0.1, -0.05) is 35.5 Å². The number of aliphatic hydroxyl groups is 1. The van der Waals surface area contributed by atoms with Crippen LogP contribution in [0.3, 0.4) is 0 Å². The van der Waals surface area contributed by atoms with Gasteiger partial charge in [-0.25, -0.2) is 4.98 Å². The van der Waals surface area contributed by atoms with E-state index in [4.69, 9.17) is 4.52 Å². The number of benzene rings is 2. The van der Waals surface area contributed by atoms with Gasteiger partial charge in [0, 0.05) is 17.4 Å². The van der Waals surface area contributed by atoms with Crippen molar-refractivity contribution in [2.24, 2.45) is 0 Å². The number of aryl methyl sites for hydroxylation is 1. The molecule has 1 aliphatic rings. The Balaban J connectivity index is 1.50. The molecule has 2 aromatic heterocycles. The molecule has 2 aromatic carbocycles. The Bertz CT molecular complexity index is 1390. The fraction of sp³-hybridized carbons (Fsp3) is 0.240. The quantitative estimate of drug-likeness (QED) is 0.318. The van der Waals surface area contributed by atoms with Crippen LogP contribution in [0.15, 0.2) is 59.3 Å². The fourth-order valence-corrected chi connectivity index (χ4v) is 4.08. The Morgan fingerprint density at radius 2 is 1.91 bits per heavy atom. The SMILES string of the molecule is Cc1noc(-c2cnc(Nc3ccc4c(c3)C(C)(C)NC4=O)nc2NC(CO)c2ccccc2)n1. The average molecular weight is 472 g/mol. The van der Waals surface area contributed by atoms with Gasteiger partial charge in [-0.2, -0.15) is 9.97 Å². The molecule has 10 heteroatoms. The van der Waals surface area contributed by atoms with Gasteiger partial charge in [0.15, 0.2) is 5.82 Å². The molecule has 0 saturated carbocycles. The molecule has 10 nitrogen and oxygen atoms in total. The highest BCUT2D eigenvalue weighted by Crippen LogP contribution is 2.34. The number of hydrogen-bond acceptors (Lipinski definition) is 9. The summed E-state index contributed by atoms with van der Waals surface area (Å²) < 4.78 is 5.35. The Labute approximate surface area is 201 Å².